The molecule has 1 aliphatic heterocycles. The second-order valence-electron chi connectivity index (χ2n) is 12.9. The lowest BCUT2D eigenvalue weighted by Crippen LogP contribution is -2.46. The Morgan fingerprint density at radius 3 is 2.24 bits per heavy atom. The maximum Gasteiger partial charge on any atom is 0.293 e. The Balaban J connectivity index is 1.03. The van der Waals surface area contributed by atoms with Crippen molar-refractivity contribution in [3.63, 3.8) is 0 Å². The van der Waals surface area contributed by atoms with Crippen LogP contribution in [0, 0.1) is 16.0 Å². The van der Waals surface area contributed by atoms with Gasteiger partial charge in [-0.3, -0.25) is 19.8 Å². The zero-order valence-corrected chi connectivity index (χ0v) is 28.4. The summed E-state index contributed by atoms with van der Waals surface area (Å²) in [6, 6.07) is 29.4. The van der Waals surface area contributed by atoms with E-state index in [1.165, 1.54) is 60.9 Å². The Bertz CT molecular complexity index is 1850. The van der Waals surface area contributed by atoms with Gasteiger partial charge in [0.05, 0.1) is 9.82 Å². The van der Waals surface area contributed by atoms with Crippen LogP contribution in [0.1, 0.15) is 54.4 Å². The van der Waals surface area contributed by atoms with Crippen molar-refractivity contribution in [3.8, 4) is 11.1 Å². The summed E-state index contributed by atoms with van der Waals surface area (Å²) in [7, 11) is -4.35. The molecule has 4 aromatic carbocycles. The predicted molar refractivity (Wildman–Crippen MR) is 193 cm³/mol. The normalized spacial score (nSPS) is 15.9. The zero-order valence-electron chi connectivity index (χ0n) is 27.6. The summed E-state index contributed by atoms with van der Waals surface area (Å²) in [5.41, 5.74) is 4.79. The minimum atomic E-state index is -4.35. The molecule has 0 atom stereocenters. The number of amides is 1. The molecule has 0 spiro atoms. The zero-order chi connectivity index (χ0) is 34.2. The minimum Gasteiger partial charge on any atom is -0.379 e. The van der Waals surface area contributed by atoms with Crippen LogP contribution in [0.3, 0.4) is 0 Å². The maximum atomic E-state index is 13.1. The molecule has 1 amide bonds. The monoisotopic (exact) mass is 681 g/mol. The second-order valence-corrected chi connectivity index (χ2v) is 14.6. The van der Waals surface area contributed by atoms with E-state index in [0.717, 1.165) is 50.9 Å². The lowest BCUT2D eigenvalue weighted by atomic mass is 9.87. The van der Waals surface area contributed by atoms with Crippen LogP contribution in [0.2, 0.25) is 0 Å². The number of sulfonamides is 1. The van der Waals surface area contributed by atoms with Crippen molar-refractivity contribution in [3.05, 3.63) is 118 Å². The number of nitrogens with zero attached hydrogens (tertiary/aromatic N) is 3. The van der Waals surface area contributed by atoms with Crippen LogP contribution in [0.4, 0.5) is 17.1 Å². The first-order valence-electron chi connectivity index (χ1n) is 17.1. The van der Waals surface area contributed by atoms with Gasteiger partial charge in [-0.05, 0) is 65.4 Å². The molecule has 2 N–H and O–H groups in total. The number of anilines is 2. The van der Waals surface area contributed by atoms with Gasteiger partial charge >= 0.3 is 0 Å². The lowest BCUT2D eigenvalue weighted by Gasteiger charge is -2.36. The van der Waals surface area contributed by atoms with E-state index in [1.807, 2.05) is 18.2 Å². The van der Waals surface area contributed by atoms with Gasteiger partial charge in [-0.1, -0.05) is 86.7 Å². The molecule has 6 rings (SSSR count). The molecule has 0 unspecified atom stereocenters. The maximum absolute atomic E-state index is 13.1. The standard InChI is InChI=1S/C38H43N5O5S/c44-38(40-49(47,48)34-19-20-36(37(27-34)43(45)46)39-22-21-29-9-3-1-4-10-29)31-15-17-33(18-16-31)42-25-23-41(24-26-42)28-32-13-7-8-14-35(32)30-11-5-2-6-12-30/h2,5-8,11-20,27,29,39H,1,3-4,9-10,21-26,28H2,(H,40,44). The van der Waals surface area contributed by atoms with Crippen molar-refractivity contribution < 1.29 is 18.1 Å². The average Bonchev–Trinajstić information content (AvgIpc) is 3.13. The summed E-state index contributed by atoms with van der Waals surface area (Å²) in [5.74, 6) is -0.195. The van der Waals surface area contributed by atoms with Gasteiger partial charge in [0, 0.05) is 56.6 Å². The van der Waals surface area contributed by atoms with Gasteiger partial charge in [0.2, 0.25) is 0 Å². The molecule has 11 heteroatoms. The fraction of sp³-hybridized carbons (Fsp3) is 0.342. The molecule has 1 saturated carbocycles. The van der Waals surface area contributed by atoms with Gasteiger partial charge in [-0.2, -0.15) is 0 Å². The van der Waals surface area contributed by atoms with Crippen LogP contribution < -0.4 is 14.9 Å². The molecule has 1 saturated heterocycles. The number of nitro benzene ring substituents is 1. The number of nitro groups is 1. The third-order valence-electron chi connectivity index (χ3n) is 9.66. The third-order valence-corrected chi connectivity index (χ3v) is 11.0. The molecular weight excluding hydrogens is 639 g/mol. The fourth-order valence-electron chi connectivity index (χ4n) is 6.89. The van der Waals surface area contributed by atoms with E-state index in [-0.39, 0.29) is 21.8 Å². The van der Waals surface area contributed by atoms with Gasteiger partial charge in [0.15, 0.2) is 0 Å². The van der Waals surface area contributed by atoms with Crippen LogP contribution in [0.15, 0.2) is 102 Å². The van der Waals surface area contributed by atoms with Crippen LogP contribution in [-0.4, -0.2) is 56.9 Å². The van der Waals surface area contributed by atoms with Crippen molar-refractivity contribution in [2.45, 2.75) is 50.0 Å². The van der Waals surface area contributed by atoms with Crippen LogP contribution in [-0.2, 0) is 16.6 Å². The molecule has 10 nitrogen and oxygen atoms in total. The van der Waals surface area contributed by atoms with Gasteiger partial charge < -0.3 is 10.2 Å². The molecule has 0 aromatic heterocycles. The second kappa shape index (κ2) is 15.7. The molecule has 0 radical (unpaired) electrons. The summed E-state index contributed by atoms with van der Waals surface area (Å²) < 4.78 is 28.3. The predicted octanol–water partition coefficient (Wildman–Crippen LogP) is 7.09. The molecule has 49 heavy (non-hydrogen) atoms. The van der Waals surface area contributed by atoms with Gasteiger partial charge in [-0.15, -0.1) is 0 Å². The molecule has 0 bridgehead atoms. The Morgan fingerprint density at radius 2 is 1.53 bits per heavy atom. The Morgan fingerprint density at radius 1 is 0.837 bits per heavy atom. The minimum absolute atomic E-state index is 0.180. The molecule has 256 valence electrons. The summed E-state index contributed by atoms with van der Waals surface area (Å²) in [4.78, 5) is 28.5. The SMILES string of the molecule is O=C(NS(=O)(=O)c1ccc(NCCC2CCCCC2)c([N+](=O)[O-])c1)c1ccc(N2CCN(Cc3ccccc3-c3ccccc3)CC2)cc1. The van der Waals surface area contributed by atoms with E-state index in [2.05, 4.69) is 68.4 Å². The first kappa shape index (κ1) is 34.1. The van der Waals surface area contributed by atoms with Gasteiger partial charge in [-0.25, -0.2) is 13.1 Å². The number of benzene rings is 4. The van der Waals surface area contributed by atoms with Crippen molar-refractivity contribution in [2.24, 2.45) is 5.92 Å². The third kappa shape index (κ3) is 8.65. The molecule has 2 fully saturated rings. The molecule has 1 heterocycles. The van der Waals surface area contributed by atoms with Crippen molar-refractivity contribution in [2.75, 3.05) is 42.9 Å². The molecule has 4 aromatic rings. The lowest BCUT2D eigenvalue weighted by molar-refractivity contribution is -0.384. The smallest absolute Gasteiger partial charge is 0.293 e. The first-order chi connectivity index (χ1) is 23.8. The van der Waals surface area contributed by atoms with Crippen LogP contribution in [0.25, 0.3) is 11.1 Å². The Labute approximate surface area is 288 Å². The number of nitrogens with one attached hydrogen (secondary N) is 2. The topological polar surface area (TPSA) is 125 Å². The first-order valence-corrected chi connectivity index (χ1v) is 18.6. The summed E-state index contributed by atoms with van der Waals surface area (Å²) >= 11 is 0. The number of carbonyl (C=O) groups excluding carboxylic acids is 1. The van der Waals surface area contributed by atoms with E-state index in [4.69, 9.17) is 0 Å². The average molecular weight is 682 g/mol. The molecule has 2 aliphatic rings. The van der Waals surface area contributed by atoms with Crippen LogP contribution in [0.5, 0.6) is 0 Å². The number of piperazine rings is 1. The van der Waals surface area contributed by atoms with E-state index in [1.54, 1.807) is 12.1 Å². The summed E-state index contributed by atoms with van der Waals surface area (Å²) in [6.45, 7) is 4.82. The summed E-state index contributed by atoms with van der Waals surface area (Å²) in [6.07, 6.45) is 6.95. The highest BCUT2D eigenvalue weighted by Crippen LogP contribution is 2.30. The highest BCUT2D eigenvalue weighted by atomic mass is 32.2. The van der Waals surface area contributed by atoms with Gasteiger partial charge in [0.25, 0.3) is 21.6 Å². The van der Waals surface area contributed by atoms with E-state index < -0.39 is 20.9 Å². The Hall–Kier alpha value is -4.74. The number of hydrogen-bond donors (Lipinski definition) is 2. The van der Waals surface area contributed by atoms with Crippen LogP contribution >= 0.6 is 0 Å². The number of hydrogen-bond acceptors (Lipinski definition) is 8. The van der Waals surface area contributed by atoms with Crippen molar-refractivity contribution in [1.29, 1.82) is 0 Å². The van der Waals surface area contributed by atoms with E-state index in [0.29, 0.717) is 12.5 Å². The quantitative estimate of drug-likeness (QED) is 0.120. The van der Waals surface area contributed by atoms with E-state index in [9.17, 15) is 23.3 Å². The van der Waals surface area contributed by atoms with Crippen molar-refractivity contribution >= 4 is 33.0 Å². The highest BCUT2D eigenvalue weighted by Gasteiger charge is 2.25. The highest BCUT2D eigenvalue weighted by molar-refractivity contribution is 7.90. The number of carbonyl (C=O) groups is 1. The van der Waals surface area contributed by atoms with Gasteiger partial charge in [0.1, 0.15) is 5.69 Å². The molecular formula is C38H43N5O5S. The Kier molecular flexibility index (Phi) is 10.9. The van der Waals surface area contributed by atoms with Crippen molar-refractivity contribution in [1.82, 2.24) is 9.62 Å². The largest absolute Gasteiger partial charge is 0.379 e. The number of rotatable bonds is 12. The van der Waals surface area contributed by atoms with E-state index >= 15 is 0 Å². The summed E-state index contributed by atoms with van der Waals surface area (Å²) in [5, 5.41) is 14.9. The molecule has 1 aliphatic carbocycles. The fourth-order valence-corrected chi connectivity index (χ4v) is 7.89.